The second-order valence-electron chi connectivity index (χ2n) is 3.57. The van der Waals surface area contributed by atoms with Crippen molar-refractivity contribution in [2.75, 3.05) is 0 Å². The van der Waals surface area contributed by atoms with Crippen LogP contribution in [-0.2, 0) is 6.42 Å². The molecule has 64 valence electrons. The van der Waals surface area contributed by atoms with Crippen molar-refractivity contribution in [1.82, 2.24) is 4.98 Å². The number of aryl methyl sites for hydroxylation is 1. The lowest BCUT2D eigenvalue weighted by molar-refractivity contribution is 0.538. The van der Waals surface area contributed by atoms with Gasteiger partial charge >= 0.3 is 0 Å². The third kappa shape index (κ3) is 1.24. The summed E-state index contributed by atoms with van der Waals surface area (Å²) in [6, 6.07) is 2.20. The molecule has 1 aliphatic carbocycles. The van der Waals surface area contributed by atoms with Crippen molar-refractivity contribution in [3.8, 4) is 0 Å². The highest BCUT2D eigenvalue weighted by atomic mass is 14.6. The first-order valence-electron chi connectivity index (χ1n) is 4.84. The molecule has 1 unspecified atom stereocenters. The molecule has 0 radical (unpaired) electrons. The summed E-state index contributed by atoms with van der Waals surface area (Å²) >= 11 is 0. The molecule has 1 aliphatic rings. The number of aromatic nitrogens is 1. The first kappa shape index (κ1) is 7.78. The molecule has 12 heavy (non-hydrogen) atoms. The van der Waals surface area contributed by atoms with Crippen molar-refractivity contribution < 1.29 is 0 Å². The second kappa shape index (κ2) is 3.26. The zero-order valence-corrected chi connectivity index (χ0v) is 7.59. The van der Waals surface area contributed by atoms with Crippen LogP contribution in [0.25, 0.3) is 0 Å². The third-order valence-corrected chi connectivity index (χ3v) is 2.87. The highest BCUT2D eigenvalue weighted by Gasteiger charge is 2.17. The van der Waals surface area contributed by atoms with E-state index in [0.29, 0.717) is 0 Å². The van der Waals surface area contributed by atoms with Crippen LogP contribution in [0.4, 0.5) is 0 Å². The maximum absolute atomic E-state index is 4.17. The summed E-state index contributed by atoms with van der Waals surface area (Å²) in [5.74, 6) is 0.803. The van der Waals surface area contributed by atoms with Crippen molar-refractivity contribution in [2.24, 2.45) is 0 Å². The molecule has 0 amide bonds. The first-order valence-corrected chi connectivity index (χ1v) is 4.84. The van der Waals surface area contributed by atoms with Crippen LogP contribution in [0, 0.1) is 0 Å². The van der Waals surface area contributed by atoms with Crippen LogP contribution in [0.1, 0.15) is 43.2 Å². The van der Waals surface area contributed by atoms with Gasteiger partial charge in [0, 0.05) is 12.4 Å². The van der Waals surface area contributed by atoms with Crippen LogP contribution in [0.2, 0.25) is 0 Å². The van der Waals surface area contributed by atoms with Gasteiger partial charge in [0.15, 0.2) is 0 Å². The molecule has 0 aliphatic heterocycles. The predicted octanol–water partition coefficient (Wildman–Crippen LogP) is 2.91. The number of pyridine rings is 1. The first-order chi connectivity index (χ1) is 5.92. The molecule has 0 fully saturated rings. The zero-order valence-electron chi connectivity index (χ0n) is 7.59. The fourth-order valence-corrected chi connectivity index (χ4v) is 2.16. The van der Waals surface area contributed by atoms with Gasteiger partial charge in [0.05, 0.1) is 0 Å². The Kier molecular flexibility index (Phi) is 2.11. The molecule has 2 rings (SSSR count). The SMILES string of the molecule is CCC1CCCc2cnccc21. The van der Waals surface area contributed by atoms with Crippen molar-refractivity contribution in [2.45, 2.75) is 38.5 Å². The average molecular weight is 161 g/mol. The molecule has 1 heteroatoms. The van der Waals surface area contributed by atoms with E-state index < -0.39 is 0 Å². The van der Waals surface area contributed by atoms with Gasteiger partial charge < -0.3 is 0 Å². The molecule has 1 atom stereocenters. The van der Waals surface area contributed by atoms with Gasteiger partial charge in [0.25, 0.3) is 0 Å². The quantitative estimate of drug-likeness (QED) is 0.617. The van der Waals surface area contributed by atoms with Crippen LogP contribution in [0.3, 0.4) is 0 Å². The lowest BCUT2D eigenvalue weighted by Gasteiger charge is -2.23. The highest BCUT2D eigenvalue weighted by molar-refractivity contribution is 5.29. The summed E-state index contributed by atoms with van der Waals surface area (Å²) < 4.78 is 0. The molecule has 0 spiro atoms. The molecule has 1 nitrogen and oxygen atoms in total. The van der Waals surface area contributed by atoms with Gasteiger partial charge in [-0.05, 0) is 48.8 Å². The van der Waals surface area contributed by atoms with E-state index in [1.165, 1.54) is 31.2 Å². The lowest BCUT2D eigenvalue weighted by Crippen LogP contribution is -2.08. The van der Waals surface area contributed by atoms with Gasteiger partial charge in [0.1, 0.15) is 0 Å². The monoisotopic (exact) mass is 161 g/mol. The second-order valence-corrected chi connectivity index (χ2v) is 3.57. The van der Waals surface area contributed by atoms with Crippen LogP contribution >= 0.6 is 0 Å². The summed E-state index contributed by atoms with van der Waals surface area (Å²) in [6.45, 7) is 2.28. The average Bonchev–Trinajstić information content (AvgIpc) is 2.17. The Bertz CT molecular complexity index is 267. The van der Waals surface area contributed by atoms with Crippen LogP contribution in [0.5, 0.6) is 0 Å². The van der Waals surface area contributed by atoms with Crippen molar-refractivity contribution in [3.63, 3.8) is 0 Å². The zero-order chi connectivity index (χ0) is 8.39. The number of nitrogens with zero attached hydrogens (tertiary/aromatic N) is 1. The summed E-state index contributed by atoms with van der Waals surface area (Å²) in [7, 11) is 0. The number of hydrogen-bond donors (Lipinski definition) is 0. The number of rotatable bonds is 1. The highest BCUT2D eigenvalue weighted by Crippen LogP contribution is 2.32. The molecular weight excluding hydrogens is 146 g/mol. The summed E-state index contributed by atoms with van der Waals surface area (Å²) in [6.07, 6.45) is 9.19. The minimum Gasteiger partial charge on any atom is -0.264 e. The van der Waals surface area contributed by atoms with Gasteiger partial charge in [-0.25, -0.2) is 0 Å². The van der Waals surface area contributed by atoms with E-state index in [-0.39, 0.29) is 0 Å². The van der Waals surface area contributed by atoms with Gasteiger partial charge in [0.2, 0.25) is 0 Å². The van der Waals surface area contributed by atoms with Gasteiger partial charge in [-0.1, -0.05) is 6.92 Å². The lowest BCUT2D eigenvalue weighted by atomic mass is 9.82. The molecule has 1 aromatic heterocycles. The predicted molar refractivity (Wildman–Crippen MR) is 50.2 cm³/mol. The minimum absolute atomic E-state index is 0.803. The Morgan fingerprint density at radius 2 is 2.50 bits per heavy atom. The van der Waals surface area contributed by atoms with E-state index in [0.717, 1.165) is 5.92 Å². The Hall–Kier alpha value is -0.850. The van der Waals surface area contributed by atoms with Gasteiger partial charge in [-0.2, -0.15) is 0 Å². The Labute approximate surface area is 73.8 Å². The van der Waals surface area contributed by atoms with Gasteiger partial charge in [-0.15, -0.1) is 0 Å². The number of hydrogen-bond acceptors (Lipinski definition) is 1. The van der Waals surface area contributed by atoms with E-state index in [1.807, 2.05) is 12.4 Å². The third-order valence-electron chi connectivity index (χ3n) is 2.87. The van der Waals surface area contributed by atoms with E-state index >= 15 is 0 Å². The summed E-state index contributed by atoms with van der Waals surface area (Å²) in [5, 5.41) is 0. The Balaban J connectivity index is 2.37. The van der Waals surface area contributed by atoms with Crippen LogP contribution in [-0.4, -0.2) is 4.98 Å². The fraction of sp³-hybridized carbons (Fsp3) is 0.545. The van der Waals surface area contributed by atoms with Crippen LogP contribution in [0.15, 0.2) is 18.5 Å². The molecule has 1 aromatic rings. The maximum atomic E-state index is 4.17. The topological polar surface area (TPSA) is 12.9 Å². The molecular formula is C11H15N. The van der Waals surface area contributed by atoms with E-state index in [4.69, 9.17) is 0 Å². The fourth-order valence-electron chi connectivity index (χ4n) is 2.16. The standard InChI is InChI=1S/C11H15N/c1-2-9-4-3-5-10-8-12-7-6-11(9)10/h6-9H,2-5H2,1H3. The van der Waals surface area contributed by atoms with E-state index in [9.17, 15) is 0 Å². The van der Waals surface area contributed by atoms with Crippen molar-refractivity contribution in [3.05, 3.63) is 29.6 Å². The maximum Gasteiger partial charge on any atom is 0.0302 e. The van der Waals surface area contributed by atoms with Crippen molar-refractivity contribution in [1.29, 1.82) is 0 Å². The minimum atomic E-state index is 0.803. The summed E-state index contributed by atoms with van der Waals surface area (Å²) in [5.41, 5.74) is 3.04. The molecule has 0 aromatic carbocycles. The molecule has 0 saturated carbocycles. The molecule has 0 N–H and O–H groups in total. The van der Waals surface area contributed by atoms with Crippen molar-refractivity contribution >= 4 is 0 Å². The summed E-state index contributed by atoms with van der Waals surface area (Å²) in [4.78, 5) is 4.17. The smallest absolute Gasteiger partial charge is 0.0302 e. The molecule has 0 bridgehead atoms. The Morgan fingerprint density at radius 1 is 1.58 bits per heavy atom. The molecule has 1 heterocycles. The Morgan fingerprint density at radius 3 is 3.33 bits per heavy atom. The van der Waals surface area contributed by atoms with Gasteiger partial charge in [-0.3, -0.25) is 4.98 Å². The molecule has 0 saturated heterocycles. The normalized spacial score (nSPS) is 21.9. The number of fused-ring (bicyclic) bond motifs is 1. The van der Waals surface area contributed by atoms with Crippen LogP contribution < -0.4 is 0 Å². The van der Waals surface area contributed by atoms with E-state index in [1.54, 1.807) is 5.56 Å². The van der Waals surface area contributed by atoms with E-state index in [2.05, 4.69) is 18.0 Å². The largest absolute Gasteiger partial charge is 0.264 e.